The van der Waals surface area contributed by atoms with Gasteiger partial charge in [-0.3, -0.25) is 14.6 Å². The van der Waals surface area contributed by atoms with Crippen LogP contribution in [0.3, 0.4) is 0 Å². The molecule has 0 aliphatic rings. The van der Waals surface area contributed by atoms with Crippen molar-refractivity contribution >= 4 is 43.5 Å². The molecule has 0 spiro atoms. The molecule has 0 amide bonds. The maximum Gasteiger partial charge on any atom is 0.307 e. The molecule has 0 fully saturated rings. The van der Waals surface area contributed by atoms with Gasteiger partial charge in [0.2, 0.25) is 5.43 Å². The number of pyridine rings is 2. The van der Waals surface area contributed by atoms with E-state index >= 15 is 0 Å². The van der Waals surface area contributed by atoms with E-state index in [1.165, 1.54) is 18.2 Å². The van der Waals surface area contributed by atoms with Crippen molar-refractivity contribution < 1.29 is 12.6 Å². The lowest BCUT2D eigenvalue weighted by atomic mass is 10.1. The average molecular weight is 447 g/mol. The molecule has 1 aromatic carbocycles. The Hall–Kier alpha value is -3.24. The van der Waals surface area contributed by atoms with Crippen molar-refractivity contribution in [2.45, 2.75) is 13.0 Å². The number of aromatic amines is 1. The van der Waals surface area contributed by atoms with E-state index in [0.29, 0.717) is 16.2 Å². The Labute approximate surface area is 175 Å². The van der Waals surface area contributed by atoms with Crippen molar-refractivity contribution in [1.82, 2.24) is 19.7 Å². The Morgan fingerprint density at radius 3 is 2.63 bits per heavy atom. The fourth-order valence-corrected chi connectivity index (χ4v) is 3.72. The maximum absolute atomic E-state index is 13.2. The van der Waals surface area contributed by atoms with Gasteiger partial charge in [0.15, 0.2) is 0 Å². The molecule has 0 saturated carbocycles. The van der Waals surface area contributed by atoms with Crippen LogP contribution in [0.25, 0.3) is 21.8 Å². The van der Waals surface area contributed by atoms with Crippen LogP contribution in [-0.2, 0) is 10.1 Å². The first-order valence-electron chi connectivity index (χ1n) is 8.74. The van der Waals surface area contributed by atoms with Crippen molar-refractivity contribution in [3.8, 4) is 5.88 Å². The fourth-order valence-electron chi connectivity index (χ4n) is 3.15. The Morgan fingerprint density at radius 1 is 1.20 bits per heavy atom. The molecule has 3 heterocycles. The molecular formula is C19H15ClN4O5S. The van der Waals surface area contributed by atoms with Crippen LogP contribution in [0.2, 0.25) is 5.02 Å². The lowest BCUT2D eigenvalue weighted by molar-refractivity contribution is 0.448. The number of hydrogen-bond acceptors (Lipinski definition) is 7. The van der Waals surface area contributed by atoms with Crippen molar-refractivity contribution in [2.75, 3.05) is 6.26 Å². The van der Waals surface area contributed by atoms with E-state index in [1.807, 2.05) is 0 Å². The van der Waals surface area contributed by atoms with Gasteiger partial charge in [0, 0.05) is 16.6 Å². The third kappa shape index (κ3) is 3.55. The number of nitrogens with zero attached hydrogens (tertiary/aromatic N) is 3. The standard InChI is InChI=1S/C19H15ClN4O5S/c1-10(13-5-3-4-8-21-13)24-19(26)15-16(18(23-24)29-30(2,27)28)22-14-9-11(20)6-7-12(14)17(15)25/h3-10H,1-2H3,(H,22,25). The van der Waals surface area contributed by atoms with Crippen molar-refractivity contribution in [1.29, 1.82) is 0 Å². The molecule has 1 N–H and O–H groups in total. The molecule has 1 atom stereocenters. The van der Waals surface area contributed by atoms with Crippen LogP contribution in [0.5, 0.6) is 5.88 Å². The van der Waals surface area contributed by atoms with Crippen LogP contribution in [0.1, 0.15) is 18.7 Å². The molecule has 9 nitrogen and oxygen atoms in total. The third-order valence-electron chi connectivity index (χ3n) is 4.51. The van der Waals surface area contributed by atoms with Crippen LogP contribution in [-0.4, -0.2) is 34.4 Å². The lowest BCUT2D eigenvalue weighted by Crippen LogP contribution is -2.31. The van der Waals surface area contributed by atoms with Crippen molar-refractivity contribution in [2.24, 2.45) is 0 Å². The van der Waals surface area contributed by atoms with Gasteiger partial charge >= 0.3 is 10.1 Å². The third-order valence-corrected chi connectivity index (χ3v) is 5.21. The van der Waals surface area contributed by atoms with Gasteiger partial charge in [-0.1, -0.05) is 17.7 Å². The minimum absolute atomic E-state index is 0.130. The largest absolute Gasteiger partial charge is 0.358 e. The second kappa shape index (κ2) is 7.22. The zero-order valence-corrected chi connectivity index (χ0v) is 17.4. The van der Waals surface area contributed by atoms with Gasteiger partial charge in [-0.15, -0.1) is 5.10 Å². The molecule has 0 aliphatic carbocycles. The number of hydrogen-bond donors (Lipinski definition) is 1. The first-order valence-corrected chi connectivity index (χ1v) is 10.9. The first-order chi connectivity index (χ1) is 14.2. The number of benzene rings is 1. The van der Waals surface area contributed by atoms with Crippen LogP contribution in [0.4, 0.5) is 0 Å². The van der Waals surface area contributed by atoms with Crippen LogP contribution in [0, 0.1) is 0 Å². The Bertz CT molecular complexity index is 1510. The molecular weight excluding hydrogens is 432 g/mol. The Morgan fingerprint density at radius 2 is 1.97 bits per heavy atom. The molecule has 1 unspecified atom stereocenters. The number of rotatable bonds is 4. The van der Waals surface area contributed by atoms with Crippen LogP contribution >= 0.6 is 11.6 Å². The molecule has 30 heavy (non-hydrogen) atoms. The number of nitrogens with one attached hydrogen (secondary N) is 1. The summed E-state index contributed by atoms with van der Waals surface area (Å²) in [5.74, 6) is -0.422. The Balaban J connectivity index is 2.12. The van der Waals surface area contributed by atoms with Crippen LogP contribution < -0.4 is 15.2 Å². The zero-order valence-electron chi connectivity index (χ0n) is 15.8. The smallest absolute Gasteiger partial charge is 0.307 e. The number of aromatic nitrogens is 4. The highest BCUT2D eigenvalue weighted by Crippen LogP contribution is 2.24. The zero-order chi connectivity index (χ0) is 21.6. The summed E-state index contributed by atoms with van der Waals surface area (Å²) in [5, 5.41) is 4.39. The van der Waals surface area contributed by atoms with Gasteiger partial charge in [-0.25, -0.2) is 4.68 Å². The highest BCUT2D eigenvalue weighted by atomic mass is 35.5. The normalized spacial score (nSPS) is 12.9. The quantitative estimate of drug-likeness (QED) is 0.376. The van der Waals surface area contributed by atoms with Gasteiger partial charge in [0.05, 0.1) is 23.5 Å². The van der Waals surface area contributed by atoms with Crippen molar-refractivity contribution in [3.05, 3.63) is 73.9 Å². The molecule has 154 valence electrons. The van der Waals surface area contributed by atoms with E-state index in [9.17, 15) is 18.0 Å². The van der Waals surface area contributed by atoms with E-state index < -0.39 is 33.0 Å². The highest BCUT2D eigenvalue weighted by molar-refractivity contribution is 7.86. The van der Waals surface area contributed by atoms with E-state index in [-0.39, 0.29) is 16.3 Å². The van der Waals surface area contributed by atoms with Gasteiger partial charge in [-0.2, -0.15) is 8.42 Å². The predicted octanol–water partition coefficient (Wildman–Crippen LogP) is 2.23. The van der Waals surface area contributed by atoms with Crippen molar-refractivity contribution in [3.63, 3.8) is 0 Å². The average Bonchev–Trinajstić information content (AvgIpc) is 2.69. The SMILES string of the molecule is CC(c1ccccn1)n1nc(OS(C)(=O)=O)c2[nH]c3cc(Cl)ccc3c(=O)c2c1=O. The minimum atomic E-state index is -4.00. The summed E-state index contributed by atoms with van der Waals surface area (Å²) in [6, 6.07) is 8.95. The van der Waals surface area contributed by atoms with E-state index in [2.05, 4.69) is 15.1 Å². The maximum atomic E-state index is 13.2. The van der Waals surface area contributed by atoms with Gasteiger partial charge in [0.25, 0.3) is 11.4 Å². The minimum Gasteiger partial charge on any atom is -0.358 e. The molecule has 0 saturated heterocycles. The number of halogens is 1. The van der Waals surface area contributed by atoms with E-state index in [4.69, 9.17) is 15.8 Å². The topological polar surface area (TPSA) is 124 Å². The molecule has 4 aromatic rings. The second-order valence-corrected chi connectivity index (χ2v) is 8.68. The Kier molecular flexibility index (Phi) is 4.83. The van der Waals surface area contributed by atoms with E-state index in [0.717, 1.165) is 10.9 Å². The molecule has 0 bridgehead atoms. The summed E-state index contributed by atoms with van der Waals surface area (Å²) in [5.41, 5.74) is -0.615. The summed E-state index contributed by atoms with van der Waals surface area (Å²) >= 11 is 6.00. The molecule has 11 heteroatoms. The van der Waals surface area contributed by atoms with Gasteiger partial charge < -0.3 is 9.17 Å². The highest BCUT2D eigenvalue weighted by Gasteiger charge is 2.23. The number of H-pyrrole nitrogens is 1. The first kappa shape index (κ1) is 20.0. The predicted molar refractivity (Wildman–Crippen MR) is 113 cm³/mol. The van der Waals surface area contributed by atoms with Gasteiger partial charge in [0.1, 0.15) is 10.9 Å². The number of fused-ring (bicyclic) bond motifs is 2. The summed E-state index contributed by atoms with van der Waals surface area (Å²) < 4.78 is 29.6. The fraction of sp³-hybridized carbons (Fsp3) is 0.158. The summed E-state index contributed by atoms with van der Waals surface area (Å²) in [7, 11) is -4.00. The monoisotopic (exact) mass is 446 g/mol. The summed E-state index contributed by atoms with van der Waals surface area (Å²) in [4.78, 5) is 33.4. The van der Waals surface area contributed by atoms with Crippen LogP contribution in [0.15, 0.2) is 52.2 Å². The lowest BCUT2D eigenvalue weighted by Gasteiger charge is -2.16. The molecule has 3 aromatic heterocycles. The molecule has 4 rings (SSSR count). The molecule has 0 aliphatic heterocycles. The summed E-state index contributed by atoms with van der Waals surface area (Å²) in [6.07, 6.45) is 2.39. The van der Waals surface area contributed by atoms with Gasteiger partial charge in [-0.05, 0) is 37.3 Å². The second-order valence-electron chi connectivity index (χ2n) is 6.67. The summed E-state index contributed by atoms with van der Waals surface area (Å²) in [6.45, 7) is 1.65. The molecule has 0 radical (unpaired) electrons. The van der Waals surface area contributed by atoms with E-state index in [1.54, 1.807) is 31.3 Å².